The molecular formula is C14H14N4O2. The Balaban J connectivity index is 2.21. The van der Waals surface area contributed by atoms with Gasteiger partial charge in [-0.3, -0.25) is 15.5 Å². The molecule has 0 aliphatic rings. The maximum atomic E-state index is 10.9. The van der Waals surface area contributed by atoms with Gasteiger partial charge in [-0.05, 0) is 31.0 Å². The van der Waals surface area contributed by atoms with Crippen LogP contribution in [0.4, 0.5) is 11.5 Å². The summed E-state index contributed by atoms with van der Waals surface area (Å²) in [6.45, 7) is 3.73. The van der Waals surface area contributed by atoms with Gasteiger partial charge >= 0.3 is 5.69 Å². The van der Waals surface area contributed by atoms with Crippen molar-refractivity contribution in [1.29, 1.82) is 0 Å². The predicted octanol–water partition coefficient (Wildman–Crippen LogP) is 3.05. The van der Waals surface area contributed by atoms with Crippen LogP contribution in [0.1, 0.15) is 16.8 Å². The Labute approximate surface area is 116 Å². The van der Waals surface area contributed by atoms with Gasteiger partial charge in [-0.1, -0.05) is 24.3 Å². The zero-order valence-corrected chi connectivity index (χ0v) is 11.2. The molecule has 1 N–H and O–H groups in total. The Morgan fingerprint density at radius 3 is 2.70 bits per heavy atom. The van der Waals surface area contributed by atoms with Gasteiger partial charge in [-0.25, -0.2) is 4.98 Å². The summed E-state index contributed by atoms with van der Waals surface area (Å²) < 4.78 is 0. The Hall–Kier alpha value is -2.76. The number of aryl methyl sites for hydroxylation is 2. The van der Waals surface area contributed by atoms with E-state index in [1.807, 2.05) is 31.2 Å². The normalized spacial score (nSPS) is 10.7. The summed E-state index contributed by atoms with van der Waals surface area (Å²) in [5, 5.41) is 14.9. The van der Waals surface area contributed by atoms with Crippen LogP contribution in [-0.4, -0.2) is 16.1 Å². The molecule has 20 heavy (non-hydrogen) atoms. The summed E-state index contributed by atoms with van der Waals surface area (Å²) >= 11 is 0. The van der Waals surface area contributed by atoms with Crippen LogP contribution in [0.2, 0.25) is 0 Å². The molecule has 0 saturated heterocycles. The number of hydrogen-bond acceptors (Lipinski definition) is 5. The molecule has 0 amide bonds. The third kappa shape index (κ3) is 3.17. The maximum Gasteiger partial charge on any atom is 0.313 e. The van der Waals surface area contributed by atoms with Crippen LogP contribution >= 0.6 is 0 Å². The van der Waals surface area contributed by atoms with E-state index in [9.17, 15) is 10.1 Å². The summed E-state index contributed by atoms with van der Waals surface area (Å²) in [6.07, 6.45) is 1.61. The molecule has 0 spiro atoms. The molecule has 6 nitrogen and oxygen atoms in total. The van der Waals surface area contributed by atoms with E-state index in [1.54, 1.807) is 19.2 Å². The van der Waals surface area contributed by atoms with Crippen molar-refractivity contribution in [2.24, 2.45) is 5.10 Å². The van der Waals surface area contributed by atoms with Crippen LogP contribution in [0.3, 0.4) is 0 Å². The molecule has 0 saturated carbocycles. The van der Waals surface area contributed by atoms with Crippen LogP contribution in [0.25, 0.3) is 0 Å². The fourth-order valence-electron chi connectivity index (χ4n) is 1.67. The van der Waals surface area contributed by atoms with Crippen LogP contribution in [0, 0.1) is 24.0 Å². The standard InChI is InChI=1S/C14H14N4O2/c1-10-5-3-4-6-12(10)9-15-17-14-13(18(19)20)8-7-11(2)16-14/h3-9H,1-2H3,(H,16,17)/b15-9-. The number of nitro groups is 1. The first-order valence-corrected chi connectivity index (χ1v) is 6.04. The van der Waals surface area contributed by atoms with Crippen molar-refractivity contribution in [1.82, 2.24) is 4.98 Å². The third-order valence-corrected chi connectivity index (χ3v) is 2.77. The smallest absolute Gasteiger partial charge is 0.258 e. The summed E-state index contributed by atoms with van der Waals surface area (Å²) in [5.74, 6) is 0.139. The second-order valence-electron chi connectivity index (χ2n) is 4.30. The Kier molecular flexibility index (Phi) is 4.05. The molecule has 6 heteroatoms. The van der Waals surface area contributed by atoms with E-state index in [2.05, 4.69) is 15.5 Å². The van der Waals surface area contributed by atoms with E-state index in [0.29, 0.717) is 5.69 Å². The van der Waals surface area contributed by atoms with Gasteiger partial charge < -0.3 is 0 Å². The summed E-state index contributed by atoms with van der Waals surface area (Å²) in [4.78, 5) is 14.5. The van der Waals surface area contributed by atoms with Crippen molar-refractivity contribution in [2.45, 2.75) is 13.8 Å². The molecule has 0 aliphatic heterocycles. The Morgan fingerprint density at radius 2 is 2.00 bits per heavy atom. The van der Waals surface area contributed by atoms with Gasteiger partial charge in [0.15, 0.2) is 0 Å². The topological polar surface area (TPSA) is 80.4 Å². The lowest BCUT2D eigenvalue weighted by molar-refractivity contribution is -0.384. The van der Waals surface area contributed by atoms with E-state index in [1.165, 1.54) is 6.07 Å². The third-order valence-electron chi connectivity index (χ3n) is 2.77. The van der Waals surface area contributed by atoms with Gasteiger partial charge in [-0.2, -0.15) is 5.10 Å². The largest absolute Gasteiger partial charge is 0.313 e. The van der Waals surface area contributed by atoms with Crippen molar-refractivity contribution < 1.29 is 4.92 Å². The fraction of sp³-hybridized carbons (Fsp3) is 0.143. The molecule has 0 unspecified atom stereocenters. The average Bonchev–Trinajstić information content (AvgIpc) is 2.41. The van der Waals surface area contributed by atoms with Crippen molar-refractivity contribution in [3.63, 3.8) is 0 Å². The first kappa shape index (κ1) is 13.7. The molecule has 2 aromatic rings. The first-order chi connectivity index (χ1) is 9.58. The lowest BCUT2D eigenvalue weighted by Gasteiger charge is -2.02. The van der Waals surface area contributed by atoms with Gasteiger partial charge in [0.1, 0.15) is 0 Å². The van der Waals surface area contributed by atoms with Crippen LogP contribution < -0.4 is 5.43 Å². The number of pyridine rings is 1. The molecule has 2 rings (SSSR count). The molecular weight excluding hydrogens is 256 g/mol. The predicted molar refractivity (Wildman–Crippen MR) is 78.0 cm³/mol. The highest BCUT2D eigenvalue weighted by Crippen LogP contribution is 2.21. The van der Waals surface area contributed by atoms with Crippen LogP contribution in [0.15, 0.2) is 41.5 Å². The number of hydrazone groups is 1. The SMILES string of the molecule is Cc1ccc([N+](=O)[O-])c(N/N=C\c2ccccc2C)n1. The van der Waals surface area contributed by atoms with E-state index in [0.717, 1.165) is 11.1 Å². The van der Waals surface area contributed by atoms with E-state index < -0.39 is 4.92 Å². The van der Waals surface area contributed by atoms with Crippen LogP contribution in [-0.2, 0) is 0 Å². The van der Waals surface area contributed by atoms with Gasteiger partial charge in [0.05, 0.1) is 11.1 Å². The number of nitrogens with one attached hydrogen (secondary N) is 1. The number of aromatic nitrogens is 1. The minimum atomic E-state index is -0.488. The minimum absolute atomic E-state index is 0.0995. The average molecular weight is 270 g/mol. The second kappa shape index (κ2) is 5.92. The molecule has 1 heterocycles. The molecule has 0 radical (unpaired) electrons. The molecule has 0 aliphatic carbocycles. The number of nitrogens with zero attached hydrogens (tertiary/aromatic N) is 3. The van der Waals surface area contributed by atoms with E-state index in [-0.39, 0.29) is 11.5 Å². The molecule has 0 atom stereocenters. The first-order valence-electron chi connectivity index (χ1n) is 6.04. The highest BCUT2D eigenvalue weighted by molar-refractivity contribution is 5.82. The highest BCUT2D eigenvalue weighted by Gasteiger charge is 2.14. The van der Waals surface area contributed by atoms with E-state index in [4.69, 9.17) is 0 Å². The Morgan fingerprint density at radius 1 is 1.25 bits per heavy atom. The van der Waals surface area contributed by atoms with Crippen molar-refractivity contribution in [2.75, 3.05) is 5.43 Å². The molecule has 1 aromatic heterocycles. The van der Waals surface area contributed by atoms with Gasteiger partial charge in [0.2, 0.25) is 5.82 Å². The monoisotopic (exact) mass is 270 g/mol. The van der Waals surface area contributed by atoms with Gasteiger partial charge in [0.25, 0.3) is 0 Å². The maximum absolute atomic E-state index is 10.9. The summed E-state index contributed by atoms with van der Waals surface area (Å²) in [5.41, 5.74) is 5.23. The molecule has 0 bridgehead atoms. The van der Waals surface area contributed by atoms with Crippen molar-refractivity contribution in [3.05, 3.63) is 63.3 Å². The van der Waals surface area contributed by atoms with Crippen molar-refractivity contribution in [3.8, 4) is 0 Å². The number of anilines is 1. The quantitative estimate of drug-likeness (QED) is 0.526. The Bertz CT molecular complexity index is 668. The number of benzene rings is 1. The lowest BCUT2D eigenvalue weighted by atomic mass is 10.1. The summed E-state index contributed by atoms with van der Waals surface area (Å²) in [7, 11) is 0. The van der Waals surface area contributed by atoms with Gasteiger partial charge in [-0.15, -0.1) is 0 Å². The molecule has 102 valence electrons. The minimum Gasteiger partial charge on any atom is -0.258 e. The van der Waals surface area contributed by atoms with Gasteiger partial charge in [0, 0.05) is 11.8 Å². The zero-order chi connectivity index (χ0) is 14.5. The lowest BCUT2D eigenvalue weighted by Crippen LogP contribution is -2.00. The highest BCUT2D eigenvalue weighted by atomic mass is 16.6. The molecule has 1 aromatic carbocycles. The zero-order valence-electron chi connectivity index (χ0n) is 11.2. The van der Waals surface area contributed by atoms with E-state index >= 15 is 0 Å². The van der Waals surface area contributed by atoms with Crippen molar-refractivity contribution >= 4 is 17.7 Å². The van der Waals surface area contributed by atoms with Crippen LogP contribution in [0.5, 0.6) is 0 Å². The summed E-state index contributed by atoms with van der Waals surface area (Å²) in [6, 6.07) is 10.7. The second-order valence-corrected chi connectivity index (χ2v) is 4.30. The molecule has 0 fully saturated rings. The fourth-order valence-corrected chi connectivity index (χ4v) is 1.67. The number of hydrogen-bond donors (Lipinski definition) is 1. The number of rotatable bonds is 4.